The maximum atomic E-state index is 13.5. The second kappa shape index (κ2) is 9.50. The predicted octanol–water partition coefficient (Wildman–Crippen LogP) is 3.80. The molecule has 4 rings (SSSR count). The van der Waals surface area contributed by atoms with Gasteiger partial charge in [-0.3, -0.25) is 4.79 Å². The maximum Gasteiger partial charge on any atom is 0.397 e. The number of rotatable bonds is 7. The molecule has 2 heterocycles. The van der Waals surface area contributed by atoms with E-state index >= 15 is 0 Å². The lowest BCUT2D eigenvalue weighted by Gasteiger charge is -2.36. The van der Waals surface area contributed by atoms with Crippen LogP contribution >= 0.6 is 11.6 Å². The third kappa shape index (κ3) is 4.96. The lowest BCUT2D eigenvalue weighted by molar-refractivity contribution is -0.194. The Morgan fingerprint density at radius 2 is 1.88 bits per heavy atom. The smallest absolute Gasteiger partial charge is 0.397 e. The van der Waals surface area contributed by atoms with E-state index in [1.807, 2.05) is 23.1 Å². The third-order valence-electron chi connectivity index (χ3n) is 6.15. The summed E-state index contributed by atoms with van der Waals surface area (Å²) in [6.45, 7) is 4.95. The van der Waals surface area contributed by atoms with Crippen molar-refractivity contribution < 1.29 is 22.1 Å². The lowest BCUT2D eigenvalue weighted by atomic mass is 10.1. The van der Waals surface area contributed by atoms with Crippen LogP contribution in [-0.2, 0) is 11.0 Å². The number of hydrogen-bond acceptors (Lipinski definition) is 5. The van der Waals surface area contributed by atoms with Gasteiger partial charge in [0, 0.05) is 36.5 Å². The summed E-state index contributed by atoms with van der Waals surface area (Å²) >= 11 is 6.04. The summed E-state index contributed by atoms with van der Waals surface area (Å²) in [7, 11) is -1.13. The van der Waals surface area contributed by atoms with Crippen LogP contribution in [0.5, 0.6) is 5.75 Å². The van der Waals surface area contributed by atoms with Crippen LogP contribution < -0.4 is 15.2 Å². The molecule has 1 aromatic carbocycles. The Morgan fingerprint density at radius 3 is 2.44 bits per heavy atom. The highest BCUT2D eigenvalue weighted by Crippen LogP contribution is 2.57. The molecule has 0 radical (unpaired) electrons. The van der Waals surface area contributed by atoms with Gasteiger partial charge in [0.15, 0.2) is 0 Å². The number of nitrogens with zero attached hydrogens (tertiary/aromatic N) is 4. The molecule has 34 heavy (non-hydrogen) atoms. The Labute approximate surface area is 203 Å². The molecule has 1 saturated heterocycles. The van der Waals surface area contributed by atoms with E-state index in [2.05, 4.69) is 5.10 Å². The van der Waals surface area contributed by atoms with Gasteiger partial charge in [-0.25, -0.2) is 8.51 Å². The molecule has 0 amide bonds. The molecule has 1 atom stereocenters. The fourth-order valence-corrected chi connectivity index (χ4v) is 5.16. The second-order valence-electron chi connectivity index (χ2n) is 8.86. The summed E-state index contributed by atoms with van der Waals surface area (Å²) < 4.78 is 61.5. The van der Waals surface area contributed by atoms with Gasteiger partial charge in [-0.2, -0.15) is 23.0 Å². The van der Waals surface area contributed by atoms with E-state index in [1.54, 1.807) is 18.2 Å². The van der Waals surface area contributed by atoms with Gasteiger partial charge in [0.1, 0.15) is 17.7 Å². The Hall–Kier alpha value is -2.11. The van der Waals surface area contributed by atoms with Gasteiger partial charge in [0.2, 0.25) is 5.75 Å². The highest BCUT2D eigenvalue weighted by molar-refractivity contribution is 7.83. The van der Waals surface area contributed by atoms with Crippen LogP contribution in [0.25, 0.3) is 5.69 Å². The maximum absolute atomic E-state index is 13.5. The van der Waals surface area contributed by atoms with E-state index in [9.17, 15) is 22.2 Å². The standard InChI is InChI=1S/C22H26ClF3N4O3S/c1-15(2)34(32)29-10-8-28(9-11-29)18-13-27-30(17-5-3-4-16(23)12-17)20(31)19(18)33-14-21(6-7-21)22(24,25)26/h3-5,12-13,15H,6-11,14H2,1-2H3. The molecule has 0 bridgehead atoms. The molecule has 2 fully saturated rings. The van der Waals surface area contributed by atoms with Crippen LogP contribution in [0, 0.1) is 5.41 Å². The van der Waals surface area contributed by atoms with Gasteiger partial charge >= 0.3 is 11.7 Å². The number of alkyl halides is 3. The first-order valence-electron chi connectivity index (χ1n) is 11.0. The summed E-state index contributed by atoms with van der Waals surface area (Å²) in [6.07, 6.45) is -3.03. The average Bonchev–Trinajstić information content (AvgIpc) is 3.59. The molecular weight excluding hydrogens is 493 g/mol. The number of aromatic nitrogens is 2. The van der Waals surface area contributed by atoms with Crippen molar-refractivity contribution in [2.45, 2.75) is 38.1 Å². The van der Waals surface area contributed by atoms with Gasteiger partial charge in [0.25, 0.3) is 0 Å². The van der Waals surface area contributed by atoms with E-state index < -0.39 is 34.7 Å². The van der Waals surface area contributed by atoms with Crippen LogP contribution in [0.15, 0.2) is 35.3 Å². The molecule has 12 heteroatoms. The summed E-state index contributed by atoms with van der Waals surface area (Å²) in [4.78, 5) is 15.2. The Bertz CT molecular complexity index is 1130. The molecule has 2 aromatic rings. The first-order valence-corrected chi connectivity index (χ1v) is 12.6. The van der Waals surface area contributed by atoms with Crippen molar-refractivity contribution in [3.63, 3.8) is 0 Å². The summed E-state index contributed by atoms with van der Waals surface area (Å²) in [5, 5.41) is 4.61. The third-order valence-corrected chi connectivity index (χ3v) is 8.07. The van der Waals surface area contributed by atoms with Gasteiger partial charge in [0.05, 0.1) is 22.9 Å². The normalized spacial score (nSPS) is 19.3. The first-order chi connectivity index (χ1) is 16.0. The predicted molar refractivity (Wildman–Crippen MR) is 125 cm³/mol. The van der Waals surface area contributed by atoms with E-state index in [0.29, 0.717) is 42.6 Å². The number of benzene rings is 1. The van der Waals surface area contributed by atoms with E-state index in [0.717, 1.165) is 4.68 Å². The quantitative estimate of drug-likeness (QED) is 0.558. The van der Waals surface area contributed by atoms with E-state index in [-0.39, 0.29) is 23.8 Å². The molecule has 186 valence electrons. The summed E-state index contributed by atoms with van der Waals surface area (Å²) in [6, 6.07) is 6.46. The molecule has 0 spiro atoms. The number of anilines is 1. The fourth-order valence-electron chi connectivity index (χ4n) is 3.86. The van der Waals surface area contributed by atoms with Crippen LogP contribution in [-0.4, -0.2) is 62.5 Å². The molecule has 1 aromatic heterocycles. The molecular formula is C22H26ClF3N4O3S. The molecule has 1 saturated carbocycles. The largest absolute Gasteiger partial charge is 0.485 e. The second-order valence-corrected chi connectivity index (χ2v) is 11.3. The zero-order chi connectivity index (χ0) is 24.7. The topological polar surface area (TPSA) is 67.7 Å². The SMILES string of the molecule is CC(C)S(=O)N1CCN(c2cnn(-c3cccc(Cl)c3)c(=O)c2OCC2(C(F)(F)F)CC2)CC1. The van der Waals surface area contributed by atoms with Crippen molar-refractivity contribution >= 4 is 28.3 Å². The highest BCUT2D eigenvalue weighted by atomic mass is 35.5. The lowest BCUT2D eigenvalue weighted by Crippen LogP contribution is -2.48. The minimum absolute atomic E-state index is 0.0224. The van der Waals surface area contributed by atoms with Crippen LogP contribution in [0.2, 0.25) is 5.02 Å². The Kier molecular flexibility index (Phi) is 6.99. The van der Waals surface area contributed by atoms with E-state index in [1.165, 1.54) is 12.3 Å². The number of hydrogen-bond donors (Lipinski definition) is 0. The van der Waals surface area contributed by atoms with Crippen LogP contribution in [0.4, 0.5) is 18.9 Å². The van der Waals surface area contributed by atoms with E-state index in [4.69, 9.17) is 16.3 Å². The molecule has 1 unspecified atom stereocenters. The number of piperazine rings is 1. The van der Waals surface area contributed by atoms with Gasteiger partial charge < -0.3 is 9.64 Å². The Balaban J connectivity index is 1.65. The number of halogens is 4. The van der Waals surface area contributed by atoms with Crippen molar-refractivity contribution in [3.05, 3.63) is 45.8 Å². The highest BCUT2D eigenvalue weighted by Gasteiger charge is 2.64. The van der Waals surface area contributed by atoms with Crippen molar-refractivity contribution in [1.82, 2.24) is 14.1 Å². The monoisotopic (exact) mass is 518 g/mol. The molecule has 7 nitrogen and oxygen atoms in total. The summed E-state index contributed by atoms with van der Waals surface area (Å²) in [5.41, 5.74) is -1.88. The zero-order valence-corrected chi connectivity index (χ0v) is 20.4. The first kappa shape index (κ1) is 25.0. The average molecular weight is 519 g/mol. The fraction of sp³-hybridized carbons (Fsp3) is 0.545. The summed E-state index contributed by atoms with van der Waals surface area (Å²) in [5.74, 6) is -0.177. The van der Waals surface area contributed by atoms with Gasteiger partial charge in [-0.1, -0.05) is 17.7 Å². The molecule has 2 aliphatic rings. The molecule has 1 aliphatic heterocycles. The van der Waals surface area contributed by atoms with Crippen LogP contribution in [0.1, 0.15) is 26.7 Å². The van der Waals surface area contributed by atoms with Crippen molar-refractivity contribution in [2.75, 3.05) is 37.7 Å². The molecule has 0 N–H and O–H groups in total. The minimum atomic E-state index is -4.40. The van der Waals surface area contributed by atoms with Crippen LogP contribution in [0.3, 0.4) is 0 Å². The number of ether oxygens (including phenoxy) is 1. The van der Waals surface area contributed by atoms with Crippen molar-refractivity contribution in [1.29, 1.82) is 0 Å². The van der Waals surface area contributed by atoms with Gasteiger partial charge in [-0.05, 0) is 44.9 Å². The molecule has 1 aliphatic carbocycles. The minimum Gasteiger partial charge on any atom is -0.485 e. The van der Waals surface area contributed by atoms with Gasteiger partial charge in [-0.15, -0.1) is 0 Å². The van der Waals surface area contributed by atoms with Crippen molar-refractivity contribution in [2.24, 2.45) is 5.41 Å². The zero-order valence-electron chi connectivity index (χ0n) is 18.8. The van der Waals surface area contributed by atoms with Crippen molar-refractivity contribution in [3.8, 4) is 11.4 Å². The Morgan fingerprint density at radius 1 is 1.21 bits per heavy atom.